The highest BCUT2D eigenvalue weighted by Gasteiger charge is 2.55. The number of ether oxygens (including phenoxy) is 2. The van der Waals surface area contributed by atoms with Crippen molar-refractivity contribution in [3.63, 3.8) is 0 Å². The molecule has 8 atom stereocenters. The van der Waals surface area contributed by atoms with Crippen molar-refractivity contribution in [2.75, 3.05) is 13.2 Å². The number of hydrogen-bond acceptors (Lipinski definition) is 10. The van der Waals surface area contributed by atoms with E-state index in [2.05, 4.69) is 0 Å². The van der Waals surface area contributed by atoms with Gasteiger partial charge in [-0.2, -0.15) is 0 Å². The quantitative estimate of drug-likeness (QED) is 0.245. The van der Waals surface area contributed by atoms with Crippen molar-refractivity contribution in [2.45, 2.75) is 61.0 Å². The molecule has 2 aliphatic heterocycles. The maximum absolute atomic E-state index is 9.78. The van der Waals surface area contributed by atoms with E-state index in [1.54, 1.807) is 0 Å². The van der Waals surface area contributed by atoms with Gasteiger partial charge in [0.25, 0.3) is 0 Å². The standard InChI is InChI=1S/C12H22O10/c13-3-11(19)9(17)7(15)5(21-11)1-2-6-8(16)10(18)12(20,4-14)22-6/h5-10,13-20H,1-4H2/t5-,6-,7-,8-,9+,10+,11-,12-/m1/s1. The second-order valence-electron chi connectivity index (χ2n) is 5.77. The van der Waals surface area contributed by atoms with E-state index in [9.17, 15) is 30.6 Å². The lowest BCUT2D eigenvalue weighted by molar-refractivity contribution is -0.251. The van der Waals surface area contributed by atoms with Crippen LogP contribution in [-0.4, -0.2) is 102 Å². The lowest BCUT2D eigenvalue weighted by atomic mass is 9.98. The Bertz CT molecular complexity index is 358. The second-order valence-corrected chi connectivity index (χ2v) is 5.77. The lowest BCUT2D eigenvalue weighted by Crippen LogP contribution is -2.46. The normalized spacial score (nSPS) is 52.4. The maximum atomic E-state index is 9.78. The molecule has 130 valence electrons. The summed E-state index contributed by atoms with van der Waals surface area (Å²) < 4.78 is 10.0. The fourth-order valence-electron chi connectivity index (χ4n) is 2.79. The van der Waals surface area contributed by atoms with Gasteiger partial charge in [-0.1, -0.05) is 0 Å². The van der Waals surface area contributed by atoms with Crippen molar-refractivity contribution in [3.8, 4) is 0 Å². The van der Waals surface area contributed by atoms with E-state index in [0.29, 0.717) is 0 Å². The van der Waals surface area contributed by atoms with Gasteiger partial charge in [0.15, 0.2) is 0 Å². The molecule has 0 aromatic carbocycles. The molecule has 2 saturated heterocycles. The van der Waals surface area contributed by atoms with Crippen LogP contribution in [0.1, 0.15) is 12.8 Å². The van der Waals surface area contributed by atoms with Crippen LogP contribution in [0.15, 0.2) is 0 Å². The van der Waals surface area contributed by atoms with Crippen LogP contribution in [0.25, 0.3) is 0 Å². The highest BCUT2D eigenvalue weighted by Crippen LogP contribution is 2.35. The first-order valence-electron chi connectivity index (χ1n) is 6.93. The molecule has 0 radical (unpaired) electrons. The van der Waals surface area contributed by atoms with E-state index >= 15 is 0 Å². The molecule has 2 rings (SSSR count). The molecular formula is C12H22O10. The molecule has 0 aromatic rings. The van der Waals surface area contributed by atoms with E-state index in [4.69, 9.17) is 19.7 Å². The Hall–Kier alpha value is -0.400. The maximum Gasteiger partial charge on any atom is 0.219 e. The summed E-state index contributed by atoms with van der Waals surface area (Å²) in [5.74, 6) is -4.55. The van der Waals surface area contributed by atoms with Crippen molar-refractivity contribution in [1.82, 2.24) is 0 Å². The third-order valence-electron chi connectivity index (χ3n) is 4.23. The number of aliphatic hydroxyl groups is 8. The summed E-state index contributed by atoms with van der Waals surface area (Å²) in [4.78, 5) is 0. The summed E-state index contributed by atoms with van der Waals surface area (Å²) in [6, 6.07) is 0. The Morgan fingerprint density at radius 2 is 1.00 bits per heavy atom. The van der Waals surface area contributed by atoms with E-state index in [1.807, 2.05) is 0 Å². The summed E-state index contributed by atoms with van der Waals surface area (Å²) in [7, 11) is 0. The zero-order valence-corrected chi connectivity index (χ0v) is 11.7. The first-order valence-corrected chi connectivity index (χ1v) is 6.93. The molecular weight excluding hydrogens is 304 g/mol. The highest BCUT2D eigenvalue weighted by molar-refractivity contribution is 4.98. The van der Waals surface area contributed by atoms with Crippen molar-refractivity contribution < 1.29 is 50.3 Å². The topological polar surface area (TPSA) is 180 Å². The summed E-state index contributed by atoms with van der Waals surface area (Å²) in [6.45, 7) is -1.82. The van der Waals surface area contributed by atoms with Gasteiger partial charge in [-0.15, -0.1) is 0 Å². The zero-order chi connectivity index (χ0) is 16.7. The number of hydrogen-bond donors (Lipinski definition) is 8. The summed E-state index contributed by atoms with van der Waals surface area (Å²) in [5.41, 5.74) is 0. The Balaban J connectivity index is 1.94. The summed E-state index contributed by atoms with van der Waals surface area (Å²) in [6.07, 6.45) is -8.40. The average Bonchev–Trinajstić information content (AvgIpc) is 2.87. The molecule has 0 amide bonds. The molecule has 0 aliphatic carbocycles. The fourth-order valence-corrected chi connectivity index (χ4v) is 2.79. The molecule has 0 unspecified atom stereocenters. The van der Waals surface area contributed by atoms with E-state index in [-0.39, 0.29) is 12.8 Å². The largest absolute Gasteiger partial charge is 0.391 e. The summed E-state index contributed by atoms with van der Waals surface area (Å²) >= 11 is 0. The molecule has 2 fully saturated rings. The van der Waals surface area contributed by atoms with Gasteiger partial charge in [0, 0.05) is 0 Å². The molecule has 8 N–H and O–H groups in total. The van der Waals surface area contributed by atoms with Gasteiger partial charge < -0.3 is 50.3 Å². The SMILES string of the molecule is OC[C@@]1(O)O[C@H](CC[C@H]2O[C@](O)(CO)[C@@H](O)[C@@H]2O)[C@@H](O)[C@@H]1O. The molecule has 10 nitrogen and oxygen atoms in total. The molecule has 22 heavy (non-hydrogen) atoms. The van der Waals surface area contributed by atoms with E-state index in [0.717, 1.165) is 0 Å². The fraction of sp³-hybridized carbons (Fsp3) is 1.00. The van der Waals surface area contributed by atoms with Gasteiger partial charge in [-0.05, 0) is 12.8 Å². The van der Waals surface area contributed by atoms with Crippen LogP contribution in [0.3, 0.4) is 0 Å². The van der Waals surface area contributed by atoms with E-state index in [1.165, 1.54) is 0 Å². The molecule has 0 saturated carbocycles. The van der Waals surface area contributed by atoms with E-state index < -0.39 is 61.4 Å². The van der Waals surface area contributed by atoms with Gasteiger partial charge in [-0.3, -0.25) is 0 Å². The minimum atomic E-state index is -2.27. The minimum Gasteiger partial charge on any atom is -0.391 e. The predicted octanol–water partition coefficient (Wildman–Crippen LogP) is -4.63. The van der Waals surface area contributed by atoms with Crippen LogP contribution in [0.4, 0.5) is 0 Å². The van der Waals surface area contributed by atoms with Crippen LogP contribution in [0, 0.1) is 0 Å². The smallest absolute Gasteiger partial charge is 0.219 e. The molecule has 0 aromatic heterocycles. The molecule has 2 aliphatic rings. The molecule has 10 heteroatoms. The van der Waals surface area contributed by atoms with Crippen molar-refractivity contribution >= 4 is 0 Å². The number of aliphatic hydroxyl groups excluding tert-OH is 6. The van der Waals surface area contributed by atoms with Crippen LogP contribution < -0.4 is 0 Å². The van der Waals surface area contributed by atoms with Gasteiger partial charge in [0.1, 0.15) is 24.4 Å². The Kier molecular flexibility index (Phi) is 5.09. The zero-order valence-electron chi connectivity index (χ0n) is 11.7. The first kappa shape index (κ1) is 17.9. The summed E-state index contributed by atoms with van der Waals surface area (Å²) in [5, 5.41) is 76.2. The Morgan fingerprint density at radius 3 is 1.23 bits per heavy atom. The molecule has 0 bridgehead atoms. The minimum absolute atomic E-state index is 0.00348. The highest BCUT2D eigenvalue weighted by atomic mass is 16.7. The second kappa shape index (κ2) is 6.24. The predicted molar refractivity (Wildman–Crippen MR) is 67.1 cm³/mol. The van der Waals surface area contributed by atoms with Gasteiger partial charge in [0.05, 0.1) is 25.4 Å². The first-order chi connectivity index (χ1) is 10.2. The number of rotatable bonds is 5. The Morgan fingerprint density at radius 1 is 0.682 bits per heavy atom. The van der Waals surface area contributed by atoms with Gasteiger partial charge in [0.2, 0.25) is 11.6 Å². The van der Waals surface area contributed by atoms with Gasteiger partial charge >= 0.3 is 0 Å². The van der Waals surface area contributed by atoms with Crippen LogP contribution in [-0.2, 0) is 9.47 Å². The molecule has 0 spiro atoms. The van der Waals surface area contributed by atoms with Crippen LogP contribution in [0.5, 0.6) is 0 Å². The Labute approximate surface area is 125 Å². The third kappa shape index (κ3) is 2.87. The van der Waals surface area contributed by atoms with Crippen molar-refractivity contribution in [1.29, 1.82) is 0 Å². The lowest BCUT2D eigenvalue weighted by Gasteiger charge is -2.23. The monoisotopic (exact) mass is 326 g/mol. The average molecular weight is 326 g/mol. The van der Waals surface area contributed by atoms with Crippen LogP contribution >= 0.6 is 0 Å². The van der Waals surface area contributed by atoms with Gasteiger partial charge in [-0.25, -0.2) is 0 Å². The van der Waals surface area contributed by atoms with Crippen LogP contribution in [0.2, 0.25) is 0 Å². The van der Waals surface area contributed by atoms with Crippen molar-refractivity contribution in [3.05, 3.63) is 0 Å². The third-order valence-corrected chi connectivity index (χ3v) is 4.23. The molecule has 2 heterocycles. The van der Waals surface area contributed by atoms with Crippen molar-refractivity contribution in [2.24, 2.45) is 0 Å².